The largest absolute Gasteiger partial charge is 0.454 e. The van der Waals surface area contributed by atoms with E-state index in [9.17, 15) is 4.79 Å². The van der Waals surface area contributed by atoms with Gasteiger partial charge in [0.05, 0.1) is 0 Å². The molecule has 0 aromatic heterocycles. The van der Waals surface area contributed by atoms with Crippen molar-refractivity contribution < 1.29 is 14.3 Å². The van der Waals surface area contributed by atoms with E-state index in [4.69, 9.17) is 9.47 Å². The molecular weight excluding hydrogens is 362 g/mol. The molecule has 1 amide bonds. The zero-order valence-electron chi connectivity index (χ0n) is 16.4. The number of nitrogens with one attached hydrogen (secondary N) is 1. The van der Waals surface area contributed by atoms with Gasteiger partial charge in [-0.3, -0.25) is 4.79 Å². The Morgan fingerprint density at radius 3 is 2.28 bits per heavy atom. The summed E-state index contributed by atoms with van der Waals surface area (Å²) in [5.41, 5.74) is 4.87. The molecule has 0 bridgehead atoms. The zero-order valence-corrected chi connectivity index (χ0v) is 16.4. The number of benzene rings is 3. The van der Waals surface area contributed by atoms with Crippen molar-refractivity contribution >= 4 is 5.91 Å². The van der Waals surface area contributed by atoms with Crippen LogP contribution in [0.4, 0.5) is 0 Å². The number of fused-ring (bicyclic) bond motifs is 4. The quantitative estimate of drug-likeness (QED) is 0.686. The Morgan fingerprint density at radius 2 is 1.59 bits per heavy atom. The molecule has 1 aliphatic carbocycles. The van der Waals surface area contributed by atoms with Gasteiger partial charge in [-0.2, -0.15) is 0 Å². The van der Waals surface area contributed by atoms with Crippen LogP contribution in [0.3, 0.4) is 0 Å². The summed E-state index contributed by atoms with van der Waals surface area (Å²) in [6.45, 7) is 2.83. The fourth-order valence-corrected chi connectivity index (χ4v) is 4.71. The second-order valence-corrected chi connectivity index (χ2v) is 7.62. The molecule has 4 nitrogen and oxygen atoms in total. The van der Waals surface area contributed by atoms with Crippen LogP contribution < -0.4 is 14.8 Å². The van der Waals surface area contributed by atoms with Crippen LogP contribution >= 0.6 is 0 Å². The van der Waals surface area contributed by atoms with Crippen LogP contribution in [-0.4, -0.2) is 12.7 Å². The lowest BCUT2D eigenvalue weighted by Gasteiger charge is -2.30. The Bertz CT molecular complexity index is 1040. The van der Waals surface area contributed by atoms with Crippen molar-refractivity contribution in [1.29, 1.82) is 0 Å². The number of ether oxygens (including phenoxy) is 2. The Hall–Kier alpha value is -3.27. The number of rotatable bonds is 5. The molecule has 5 rings (SSSR count). The summed E-state index contributed by atoms with van der Waals surface area (Å²) in [6, 6.07) is 22.4. The Morgan fingerprint density at radius 1 is 0.931 bits per heavy atom. The first kappa shape index (κ1) is 17.8. The smallest absolute Gasteiger partial charge is 0.235 e. The van der Waals surface area contributed by atoms with Crippen LogP contribution in [0.2, 0.25) is 0 Å². The summed E-state index contributed by atoms with van der Waals surface area (Å²) < 4.78 is 10.8. The van der Waals surface area contributed by atoms with Gasteiger partial charge in [0, 0.05) is 6.54 Å². The Balaban J connectivity index is 1.50. The fraction of sp³-hybridized carbons (Fsp3) is 0.240. The van der Waals surface area contributed by atoms with Crippen LogP contribution in [0.15, 0.2) is 66.7 Å². The lowest BCUT2D eigenvalue weighted by Crippen LogP contribution is -2.43. The molecule has 0 fully saturated rings. The van der Waals surface area contributed by atoms with E-state index in [1.807, 2.05) is 42.5 Å². The second-order valence-electron chi connectivity index (χ2n) is 7.62. The standard InChI is InChI=1S/C25H23NO3/c1-2-13-25(20-9-5-3-7-18(20)19-8-4-6-10-21(19)25)24(27)26-15-17-11-12-22-23(14-17)29-16-28-22/h3-12,14H,2,13,15-16H2,1H3,(H,26,27). The molecule has 0 saturated carbocycles. The van der Waals surface area contributed by atoms with Gasteiger partial charge in [-0.15, -0.1) is 0 Å². The molecule has 29 heavy (non-hydrogen) atoms. The highest BCUT2D eigenvalue weighted by Crippen LogP contribution is 2.51. The molecular formula is C25H23NO3. The number of carbonyl (C=O) groups is 1. The zero-order chi connectivity index (χ0) is 19.8. The molecule has 0 atom stereocenters. The topological polar surface area (TPSA) is 47.6 Å². The van der Waals surface area contributed by atoms with Gasteiger partial charge in [-0.25, -0.2) is 0 Å². The maximum atomic E-state index is 13.7. The average molecular weight is 385 g/mol. The summed E-state index contributed by atoms with van der Waals surface area (Å²) in [6.07, 6.45) is 1.69. The average Bonchev–Trinajstić information content (AvgIpc) is 3.34. The molecule has 0 unspecified atom stereocenters. The number of amides is 1. The maximum absolute atomic E-state index is 13.7. The SMILES string of the molecule is CCCC1(C(=O)NCc2ccc3c(c2)OCO3)c2ccccc2-c2ccccc21. The third-order valence-electron chi connectivity index (χ3n) is 5.97. The van der Waals surface area contributed by atoms with E-state index < -0.39 is 5.41 Å². The van der Waals surface area contributed by atoms with Crippen LogP contribution in [0.25, 0.3) is 11.1 Å². The van der Waals surface area contributed by atoms with Crippen molar-refractivity contribution in [3.8, 4) is 22.6 Å². The minimum Gasteiger partial charge on any atom is -0.454 e. The first-order valence-corrected chi connectivity index (χ1v) is 10.1. The third kappa shape index (κ3) is 2.70. The molecule has 1 N–H and O–H groups in total. The summed E-state index contributed by atoms with van der Waals surface area (Å²) in [5, 5.41) is 3.20. The predicted octanol–water partition coefficient (Wildman–Crippen LogP) is 4.80. The van der Waals surface area contributed by atoms with Gasteiger partial charge < -0.3 is 14.8 Å². The summed E-state index contributed by atoms with van der Waals surface area (Å²) in [5.74, 6) is 1.53. The third-order valence-corrected chi connectivity index (χ3v) is 5.97. The van der Waals surface area contributed by atoms with Gasteiger partial charge in [-0.05, 0) is 46.4 Å². The van der Waals surface area contributed by atoms with E-state index in [0.717, 1.165) is 52.2 Å². The van der Waals surface area contributed by atoms with Crippen LogP contribution in [0.5, 0.6) is 11.5 Å². The van der Waals surface area contributed by atoms with Gasteiger partial charge >= 0.3 is 0 Å². The first-order chi connectivity index (χ1) is 14.2. The van der Waals surface area contributed by atoms with Gasteiger partial charge in [0.2, 0.25) is 12.7 Å². The molecule has 0 spiro atoms. The highest BCUT2D eigenvalue weighted by molar-refractivity contribution is 6.00. The van der Waals surface area contributed by atoms with E-state index in [1.54, 1.807) is 0 Å². The van der Waals surface area contributed by atoms with Crippen molar-refractivity contribution in [2.75, 3.05) is 6.79 Å². The number of hydrogen-bond acceptors (Lipinski definition) is 3. The highest BCUT2D eigenvalue weighted by Gasteiger charge is 2.48. The van der Waals surface area contributed by atoms with Gasteiger partial charge in [0.15, 0.2) is 11.5 Å². The van der Waals surface area contributed by atoms with Gasteiger partial charge in [0.25, 0.3) is 0 Å². The Kier molecular flexibility index (Phi) is 4.27. The van der Waals surface area contributed by atoms with Gasteiger partial charge in [-0.1, -0.05) is 67.9 Å². The predicted molar refractivity (Wildman–Crippen MR) is 112 cm³/mol. The van der Waals surface area contributed by atoms with Crippen molar-refractivity contribution in [1.82, 2.24) is 5.32 Å². The number of hydrogen-bond donors (Lipinski definition) is 1. The molecule has 146 valence electrons. The molecule has 4 heteroatoms. The lowest BCUT2D eigenvalue weighted by atomic mass is 9.73. The molecule has 3 aromatic carbocycles. The molecule has 1 heterocycles. The Labute approximate surface area is 170 Å². The molecule has 2 aliphatic rings. The van der Waals surface area contributed by atoms with E-state index in [1.165, 1.54) is 0 Å². The van der Waals surface area contributed by atoms with Crippen LogP contribution in [0.1, 0.15) is 36.5 Å². The summed E-state index contributed by atoms with van der Waals surface area (Å²) in [4.78, 5) is 13.7. The van der Waals surface area contributed by atoms with Crippen LogP contribution in [0, 0.1) is 0 Å². The summed E-state index contributed by atoms with van der Waals surface area (Å²) in [7, 11) is 0. The van der Waals surface area contributed by atoms with Crippen LogP contribution in [-0.2, 0) is 16.8 Å². The second kappa shape index (κ2) is 6.96. The fourth-order valence-electron chi connectivity index (χ4n) is 4.71. The molecule has 0 radical (unpaired) electrons. The lowest BCUT2D eigenvalue weighted by molar-refractivity contribution is -0.125. The first-order valence-electron chi connectivity index (χ1n) is 10.1. The number of carbonyl (C=O) groups excluding carboxylic acids is 1. The van der Waals surface area contributed by atoms with E-state index in [-0.39, 0.29) is 12.7 Å². The van der Waals surface area contributed by atoms with Gasteiger partial charge in [0.1, 0.15) is 5.41 Å². The van der Waals surface area contributed by atoms with Crippen molar-refractivity contribution in [3.63, 3.8) is 0 Å². The van der Waals surface area contributed by atoms with Crippen molar-refractivity contribution in [3.05, 3.63) is 83.4 Å². The van der Waals surface area contributed by atoms with E-state index in [2.05, 4.69) is 36.5 Å². The molecule has 3 aromatic rings. The maximum Gasteiger partial charge on any atom is 0.235 e. The minimum absolute atomic E-state index is 0.0504. The normalized spacial score (nSPS) is 14.9. The van der Waals surface area contributed by atoms with E-state index >= 15 is 0 Å². The highest BCUT2D eigenvalue weighted by atomic mass is 16.7. The molecule has 0 saturated heterocycles. The minimum atomic E-state index is -0.654. The van der Waals surface area contributed by atoms with Crippen molar-refractivity contribution in [2.45, 2.75) is 31.7 Å². The molecule has 1 aliphatic heterocycles. The van der Waals surface area contributed by atoms with E-state index in [0.29, 0.717) is 6.54 Å². The summed E-state index contributed by atoms with van der Waals surface area (Å²) >= 11 is 0. The monoisotopic (exact) mass is 385 g/mol. The van der Waals surface area contributed by atoms with Crippen molar-refractivity contribution in [2.24, 2.45) is 0 Å².